The number of nitriles is 1. The number of hydrogen-bond donors (Lipinski definition) is 1. The molecule has 0 amide bonds. The maximum absolute atomic E-state index is 8.96. The first-order valence-corrected chi connectivity index (χ1v) is 6.15. The highest BCUT2D eigenvalue weighted by Crippen LogP contribution is 2.28. The SMILES string of the molecule is CC(N)C(c1ccco1)N(C)c1cccc(C#N)c1. The van der Waals surface area contributed by atoms with E-state index >= 15 is 0 Å². The summed E-state index contributed by atoms with van der Waals surface area (Å²) in [7, 11) is 1.95. The van der Waals surface area contributed by atoms with Crippen molar-refractivity contribution in [1.82, 2.24) is 0 Å². The van der Waals surface area contributed by atoms with Gasteiger partial charge in [0.05, 0.1) is 17.9 Å². The third-order valence-corrected chi connectivity index (χ3v) is 3.13. The zero-order valence-electron chi connectivity index (χ0n) is 11.1. The monoisotopic (exact) mass is 255 g/mol. The normalized spacial score (nSPS) is 13.6. The largest absolute Gasteiger partial charge is 0.467 e. The molecule has 0 saturated heterocycles. The standard InChI is InChI=1S/C15H17N3O/c1-11(17)15(14-7-4-8-19-14)18(2)13-6-3-5-12(9-13)10-16/h3-9,11,15H,17H2,1-2H3. The Morgan fingerprint density at radius 3 is 2.68 bits per heavy atom. The quantitative estimate of drug-likeness (QED) is 0.912. The van der Waals surface area contributed by atoms with Crippen LogP contribution in [0.1, 0.15) is 24.3 Å². The summed E-state index contributed by atoms with van der Waals surface area (Å²) < 4.78 is 5.47. The van der Waals surface area contributed by atoms with Gasteiger partial charge < -0.3 is 15.1 Å². The molecule has 19 heavy (non-hydrogen) atoms. The van der Waals surface area contributed by atoms with Crippen molar-refractivity contribution in [3.05, 3.63) is 54.0 Å². The van der Waals surface area contributed by atoms with Crippen molar-refractivity contribution in [2.75, 3.05) is 11.9 Å². The molecule has 0 spiro atoms. The highest BCUT2D eigenvalue weighted by Gasteiger charge is 2.24. The van der Waals surface area contributed by atoms with E-state index in [9.17, 15) is 0 Å². The number of nitrogens with zero attached hydrogens (tertiary/aromatic N) is 2. The van der Waals surface area contributed by atoms with E-state index in [4.69, 9.17) is 15.4 Å². The number of hydrogen-bond acceptors (Lipinski definition) is 4. The Morgan fingerprint density at radius 2 is 2.11 bits per heavy atom. The molecule has 4 nitrogen and oxygen atoms in total. The summed E-state index contributed by atoms with van der Waals surface area (Å²) >= 11 is 0. The fourth-order valence-electron chi connectivity index (χ4n) is 2.22. The third-order valence-electron chi connectivity index (χ3n) is 3.13. The van der Waals surface area contributed by atoms with Crippen molar-refractivity contribution in [3.63, 3.8) is 0 Å². The van der Waals surface area contributed by atoms with Gasteiger partial charge in [-0.3, -0.25) is 0 Å². The van der Waals surface area contributed by atoms with Crippen LogP contribution in [0.2, 0.25) is 0 Å². The summed E-state index contributed by atoms with van der Waals surface area (Å²) in [5.74, 6) is 0.819. The van der Waals surface area contributed by atoms with Gasteiger partial charge in [-0.05, 0) is 37.3 Å². The fourth-order valence-corrected chi connectivity index (χ4v) is 2.22. The predicted octanol–water partition coefficient (Wildman–Crippen LogP) is 2.68. The van der Waals surface area contributed by atoms with E-state index in [1.165, 1.54) is 0 Å². The Bertz CT molecular complexity index is 569. The molecule has 0 bridgehead atoms. The molecule has 2 atom stereocenters. The van der Waals surface area contributed by atoms with Crippen LogP contribution in [0.4, 0.5) is 5.69 Å². The maximum Gasteiger partial charge on any atom is 0.127 e. The Balaban J connectivity index is 2.34. The van der Waals surface area contributed by atoms with Gasteiger partial charge in [0.1, 0.15) is 11.8 Å². The second-order valence-electron chi connectivity index (χ2n) is 4.59. The first-order valence-electron chi connectivity index (χ1n) is 6.15. The Kier molecular flexibility index (Phi) is 3.88. The average molecular weight is 255 g/mol. The maximum atomic E-state index is 8.96. The lowest BCUT2D eigenvalue weighted by atomic mass is 10.1. The Hall–Kier alpha value is -2.25. The number of benzene rings is 1. The summed E-state index contributed by atoms with van der Waals surface area (Å²) in [5.41, 5.74) is 7.64. The van der Waals surface area contributed by atoms with E-state index in [1.807, 2.05) is 49.2 Å². The van der Waals surface area contributed by atoms with E-state index in [1.54, 1.807) is 12.3 Å². The van der Waals surface area contributed by atoms with E-state index in [2.05, 4.69) is 6.07 Å². The van der Waals surface area contributed by atoms with Crippen molar-refractivity contribution in [1.29, 1.82) is 5.26 Å². The lowest BCUT2D eigenvalue weighted by molar-refractivity contribution is 0.423. The van der Waals surface area contributed by atoms with E-state index in [0.717, 1.165) is 11.4 Å². The van der Waals surface area contributed by atoms with Gasteiger partial charge >= 0.3 is 0 Å². The third kappa shape index (κ3) is 2.78. The van der Waals surface area contributed by atoms with Gasteiger partial charge in [0, 0.05) is 18.8 Å². The topological polar surface area (TPSA) is 66.2 Å². The summed E-state index contributed by atoms with van der Waals surface area (Å²) in [6.45, 7) is 1.94. The molecular formula is C15H17N3O. The second-order valence-corrected chi connectivity index (χ2v) is 4.59. The van der Waals surface area contributed by atoms with Gasteiger partial charge in [-0.2, -0.15) is 5.26 Å². The van der Waals surface area contributed by atoms with Crippen LogP contribution in [0, 0.1) is 11.3 Å². The molecule has 0 fully saturated rings. The van der Waals surface area contributed by atoms with Gasteiger partial charge in [0.2, 0.25) is 0 Å². The first-order chi connectivity index (χ1) is 9.13. The fraction of sp³-hybridized carbons (Fsp3) is 0.267. The summed E-state index contributed by atoms with van der Waals surface area (Å²) in [5, 5.41) is 8.96. The van der Waals surface area contributed by atoms with Crippen LogP contribution in [0.15, 0.2) is 47.1 Å². The lowest BCUT2D eigenvalue weighted by Crippen LogP contribution is -2.37. The zero-order chi connectivity index (χ0) is 13.8. The second kappa shape index (κ2) is 5.59. The molecular weight excluding hydrogens is 238 g/mol. The van der Waals surface area contributed by atoms with Crippen molar-refractivity contribution < 1.29 is 4.42 Å². The molecule has 2 N–H and O–H groups in total. The molecule has 1 aromatic carbocycles. The van der Waals surface area contributed by atoms with Crippen LogP contribution < -0.4 is 10.6 Å². The molecule has 1 aromatic heterocycles. The van der Waals surface area contributed by atoms with Gasteiger partial charge in [-0.1, -0.05) is 6.07 Å². The molecule has 98 valence electrons. The molecule has 2 aromatic rings. The summed E-state index contributed by atoms with van der Waals surface area (Å²) in [4.78, 5) is 2.03. The van der Waals surface area contributed by atoms with E-state index < -0.39 is 0 Å². The number of rotatable bonds is 4. The number of anilines is 1. The van der Waals surface area contributed by atoms with Crippen LogP contribution in [0.25, 0.3) is 0 Å². The van der Waals surface area contributed by atoms with Crippen molar-refractivity contribution in [3.8, 4) is 6.07 Å². The molecule has 1 heterocycles. The van der Waals surface area contributed by atoms with Crippen LogP contribution in [-0.4, -0.2) is 13.1 Å². The minimum absolute atomic E-state index is 0.0658. The molecule has 0 aliphatic rings. The molecule has 2 unspecified atom stereocenters. The van der Waals surface area contributed by atoms with Crippen molar-refractivity contribution >= 4 is 5.69 Å². The van der Waals surface area contributed by atoms with Crippen LogP contribution >= 0.6 is 0 Å². The first kappa shape index (κ1) is 13.2. The lowest BCUT2D eigenvalue weighted by Gasteiger charge is -2.31. The molecule has 0 saturated carbocycles. The highest BCUT2D eigenvalue weighted by atomic mass is 16.3. The minimum Gasteiger partial charge on any atom is -0.467 e. The average Bonchev–Trinajstić information content (AvgIpc) is 2.92. The molecule has 0 radical (unpaired) electrons. The van der Waals surface area contributed by atoms with Crippen molar-refractivity contribution in [2.45, 2.75) is 19.0 Å². The minimum atomic E-state index is -0.0955. The van der Waals surface area contributed by atoms with E-state index in [0.29, 0.717) is 5.56 Å². The molecule has 2 rings (SSSR count). The van der Waals surface area contributed by atoms with E-state index in [-0.39, 0.29) is 12.1 Å². The van der Waals surface area contributed by atoms with Gasteiger partial charge in [0.15, 0.2) is 0 Å². The number of likely N-dealkylation sites (N-methyl/N-ethyl adjacent to an activating group) is 1. The Labute approximate surface area is 113 Å². The zero-order valence-corrected chi connectivity index (χ0v) is 11.1. The van der Waals surface area contributed by atoms with Gasteiger partial charge in [0.25, 0.3) is 0 Å². The number of furan rings is 1. The molecule has 0 aliphatic heterocycles. The Morgan fingerprint density at radius 1 is 1.32 bits per heavy atom. The van der Waals surface area contributed by atoms with Crippen LogP contribution in [0.3, 0.4) is 0 Å². The number of nitrogens with two attached hydrogens (primary N) is 1. The van der Waals surface area contributed by atoms with Crippen LogP contribution in [0.5, 0.6) is 0 Å². The molecule has 0 aliphatic carbocycles. The van der Waals surface area contributed by atoms with Crippen LogP contribution in [-0.2, 0) is 0 Å². The highest BCUT2D eigenvalue weighted by molar-refractivity contribution is 5.52. The molecule has 4 heteroatoms. The predicted molar refractivity (Wildman–Crippen MR) is 74.7 cm³/mol. The summed E-state index contributed by atoms with van der Waals surface area (Å²) in [6, 6.07) is 13.2. The summed E-state index contributed by atoms with van der Waals surface area (Å²) in [6.07, 6.45) is 1.64. The smallest absolute Gasteiger partial charge is 0.127 e. The van der Waals surface area contributed by atoms with Gasteiger partial charge in [-0.15, -0.1) is 0 Å². The van der Waals surface area contributed by atoms with Crippen molar-refractivity contribution in [2.24, 2.45) is 5.73 Å². The van der Waals surface area contributed by atoms with Gasteiger partial charge in [-0.25, -0.2) is 0 Å².